The third-order valence-electron chi connectivity index (χ3n) is 5.94. The Labute approximate surface area is 270 Å². The Morgan fingerprint density at radius 1 is 0.766 bits per heavy atom. The summed E-state index contributed by atoms with van der Waals surface area (Å²) in [6.07, 6.45) is 5.54. The molecule has 0 fully saturated rings. The van der Waals surface area contributed by atoms with E-state index < -0.39 is 23.7 Å². The molecule has 2 amide bonds. The number of anilines is 2. The molecule has 0 saturated carbocycles. The van der Waals surface area contributed by atoms with Crippen LogP contribution in [-0.4, -0.2) is 46.7 Å². The fourth-order valence-electron chi connectivity index (χ4n) is 3.91. The van der Waals surface area contributed by atoms with Crippen molar-refractivity contribution < 1.29 is 32.2 Å². The van der Waals surface area contributed by atoms with Crippen molar-refractivity contribution in [3.63, 3.8) is 0 Å². The van der Waals surface area contributed by atoms with Crippen molar-refractivity contribution in [3.8, 4) is 33.4 Å². The van der Waals surface area contributed by atoms with Gasteiger partial charge < -0.3 is 9.47 Å². The minimum Gasteiger partial charge on any atom is -0.456 e. The number of rotatable bonds is 9. The Balaban J connectivity index is 1.12. The molecule has 47 heavy (non-hydrogen) atoms. The number of carbonyl (C=O) groups is 2. The van der Waals surface area contributed by atoms with Crippen LogP contribution in [0, 0.1) is 6.92 Å². The van der Waals surface area contributed by atoms with E-state index in [1.54, 1.807) is 25.3 Å². The van der Waals surface area contributed by atoms with Crippen LogP contribution in [0.25, 0.3) is 10.4 Å². The number of nitrogens with zero attached hydrogens (tertiary/aromatic N) is 7. The van der Waals surface area contributed by atoms with Crippen LogP contribution in [-0.2, 0) is 6.18 Å². The largest absolute Gasteiger partial charge is 0.456 e. The standard InChI is InChI=1S/C29H18F3N9O4S2/c1-15-24(47-28(38-15)41-26(43)22-8-18(3-5-37-22)45-20-11-34-14-35-12-20)16-6-19(10-33-9-16)44-17-2-4-36-21(7-17)25(42)40-27-39-23(13-46-27)29(30,31)32/h2-14H,1H3,(H,38,41,43)(H,39,40,42). The van der Waals surface area contributed by atoms with E-state index in [0.717, 1.165) is 5.38 Å². The van der Waals surface area contributed by atoms with Crippen molar-refractivity contribution in [2.45, 2.75) is 13.1 Å². The van der Waals surface area contributed by atoms with Crippen LogP contribution in [0.4, 0.5) is 23.4 Å². The van der Waals surface area contributed by atoms with Crippen molar-refractivity contribution in [3.05, 3.63) is 102 Å². The second-order valence-electron chi connectivity index (χ2n) is 9.32. The van der Waals surface area contributed by atoms with Crippen LogP contribution < -0.4 is 20.1 Å². The van der Waals surface area contributed by atoms with Crippen molar-refractivity contribution >= 4 is 44.8 Å². The molecule has 2 N–H and O–H groups in total. The fourth-order valence-corrected chi connectivity index (χ4v) is 5.56. The van der Waals surface area contributed by atoms with Gasteiger partial charge in [-0.3, -0.25) is 35.2 Å². The molecule has 6 heterocycles. The van der Waals surface area contributed by atoms with Crippen LogP contribution in [0.3, 0.4) is 0 Å². The van der Waals surface area contributed by atoms with Gasteiger partial charge in [-0.25, -0.2) is 19.9 Å². The van der Waals surface area contributed by atoms with Gasteiger partial charge in [-0.2, -0.15) is 13.2 Å². The lowest BCUT2D eigenvalue weighted by Crippen LogP contribution is -2.14. The fraction of sp³-hybridized carbons (Fsp3) is 0.0690. The van der Waals surface area contributed by atoms with E-state index in [0.29, 0.717) is 49.9 Å². The Hall–Kier alpha value is -5.88. The summed E-state index contributed by atoms with van der Waals surface area (Å²) in [5, 5.41) is 5.96. The highest BCUT2D eigenvalue weighted by Crippen LogP contribution is 2.35. The number of hydrogen-bond donors (Lipinski definition) is 2. The van der Waals surface area contributed by atoms with E-state index in [4.69, 9.17) is 9.47 Å². The third kappa shape index (κ3) is 7.68. The molecule has 0 aliphatic heterocycles. The minimum absolute atomic E-state index is 0.102. The van der Waals surface area contributed by atoms with Crippen molar-refractivity contribution in [1.82, 2.24) is 34.9 Å². The minimum atomic E-state index is -4.62. The molecule has 0 spiro atoms. The normalized spacial score (nSPS) is 11.1. The summed E-state index contributed by atoms with van der Waals surface area (Å²) in [5.74, 6) is 0.0612. The summed E-state index contributed by atoms with van der Waals surface area (Å²) in [7, 11) is 0. The van der Waals surface area contributed by atoms with Gasteiger partial charge >= 0.3 is 6.18 Å². The highest BCUT2D eigenvalue weighted by molar-refractivity contribution is 7.19. The first-order valence-electron chi connectivity index (χ1n) is 13.2. The number of hydrogen-bond acceptors (Lipinski definition) is 13. The number of amides is 2. The number of aryl methyl sites for hydroxylation is 1. The van der Waals surface area contributed by atoms with Crippen LogP contribution >= 0.6 is 22.7 Å². The monoisotopic (exact) mass is 677 g/mol. The van der Waals surface area contributed by atoms with Gasteiger partial charge in [0.15, 0.2) is 21.7 Å². The SMILES string of the molecule is Cc1nc(NC(=O)c2cc(Oc3cncnc3)ccn2)sc1-c1cncc(Oc2ccnc(C(=O)Nc3nc(C(F)(F)F)cs3)c2)c1. The van der Waals surface area contributed by atoms with E-state index in [1.807, 2.05) is 0 Å². The molecule has 13 nitrogen and oxygen atoms in total. The number of thiazole rings is 2. The smallest absolute Gasteiger partial charge is 0.434 e. The molecule has 18 heteroatoms. The molecule has 0 saturated heterocycles. The van der Waals surface area contributed by atoms with Crippen LogP contribution in [0.5, 0.6) is 23.0 Å². The first-order chi connectivity index (χ1) is 22.6. The molecule has 6 aromatic heterocycles. The van der Waals surface area contributed by atoms with Crippen LogP contribution in [0.15, 0.2) is 79.2 Å². The summed E-state index contributed by atoms with van der Waals surface area (Å²) in [4.78, 5) is 54.2. The number of alkyl halides is 3. The highest BCUT2D eigenvalue weighted by atomic mass is 32.1. The van der Waals surface area contributed by atoms with Gasteiger partial charge in [0, 0.05) is 41.7 Å². The third-order valence-corrected chi connectivity index (χ3v) is 7.82. The maximum absolute atomic E-state index is 13.0. The summed E-state index contributed by atoms with van der Waals surface area (Å²) < 4.78 is 50.1. The lowest BCUT2D eigenvalue weighted by molar-refractivity contribution is -0.140. The second-order valence-corrected chi connectivity index (χ2v) is 11.2. The van der Waals surface area contributed by atoms with Gasteiger partial charge in [0.1, 0.15) is 35.0 Å². The molecule has 236 valence electrons. The van der Waals surface area contributed by atoms with E-state index in [1.165, 1.54) is 66.8 Å². The summed E-state index contributed by atoms with van der Waals surface area (Å²) in [5.41, 5.74) is 0.169. The topological polar surface area (TPSA) is 167 Å². The van der Waals surface area contributed by atoms with E-state index in [9.17, 15) is 22.8 Å². The lowest BCUT2D eigenvalue weighted by Gasteiger charge is -2.08. The van der Waals surface area contributed by atoms with Crippen LogP contribution in [0.2, 0.25) is 0 Å². The van der Waals surface area contributed by atoms with Gasteiger partial charge in [-0.05, 0) is 25.1 Å². The molecule has 0 atom stereocenters. The molecule has 0 unspecified atom stereocenters. The van der Waals surface area contributed by atoms with Gasteiger partial charge in [-0.15, -0.1) is 11.3 Å². The molecule has 0 aliphatic carbocycles. The highest BCUT2D eigenvalue weighted by Gasteiger charge is 2.34. The molecule has 0 bridgehead atoms. The zero-order valence-electron chi connectivity index (χ0n) is 23.7. The Morgan fingerprint density at radius 2 is 1.38 bits per heavy atom. The number of nitrogens with one attached hydrogen (secondary N) is 2. The molecule has 6 rings (SSSR count). The lowest BCUT2D eigenvalue weighted by atomic mass is 10.2. The van der Waals surface area contributed by atoms with Gasteiger partial charge in [-0.1, -0.05) is 11.3 Å². The predicted octanol–water partition coefficient (Wildman–Crippen LogP) is 6.66. The van der Waals surface area contributed by atoms with Crippen LogP contribution in [0.1, 0.15) is 32.4 Å². The molecular formula is C29H18F3N9O4S2. The van der Waals surface area contributed by atoms with E-state index in [-0.39, 0.29) is 22.3 Å². The number of carbonyl (C=O) groups excluding carboxylic acids is 2. The maximum atomic E-state index is 13.0. The quantitative estimate of drug-likeness (QED) is 0.168. The zero-order chi connectivity index (χ0) is 33.0. The first kappa shape index (κ1) is 31.1. The Morgan fingerprint density at radius 3 is 2.02 bits per heavy atom. The number of aromatic nitrogens is 7. The van der Waals surface area contributed by atoms with Gasteiger partial charge in [0.05, 0.1) is 29.2 Å². The molecule has 0 radical (unpaired) electrons. The number of halogens is 3. The van der Waals surface area contributed by atoms with Gasteiger partial charge in [0.2, 0.25) is 0 Å². The first-order valence-corrected chi connectivity index (χ1v) is 14.9. The number of pyridine rings is 3. The predicted molar refractivity (Wildman–Crippen MR) is 164 cm³/mol. The van der Waals surface area contributed by atoms with E-state index >= 15 is 0 Å². The van der Waals surface area contributed by atoms with Gasteiger partial charge in [0.25, 0.3) is 11.8 Å². The van der Waals surface area contributed by atoms with Crippen molar-refractivity contribution in [2.24, 2.45) is 0 Å². The Bertz CT molecular complexity index is 2070. The molecule has 6 aromatic rings. The molecular weight excluding hydrogens is 660 g/mol. The average molecular weight is 678 g/mol. The molecule has 0 aromatic carbocycles. The summed E-state index contributed by atoms with van der Waals surface area (Å²) in [6, 6.07) is 7.60. The maximum Gasteiger partial charge on any atom is 0.434 e. The van der Waals surface area contributed by atoms with Crippen molar-refractivity contribution in [1.29, 1.82) is 0 Å². The zero-order valence-corrected chi connectivity index (χ0v) is 25.4. The van der Waals surface area contributed by atoms with Crippen molar-refractivity contribution in [2.75, 3.05) is 10.6 Å². The average Bonchev–Trinajstić information content (AvgIpc) is 3.68. The Kier molecular flexibility index (Phi) is 8.76. The number of ether oxygens (including phenoxy) is 2. The second kappa shape index (κ2) is 13.2. The summed E-state index contributed by atoms with van der Waals surface area (Å²) in [6.45, 7) is 1.78. The summed E-state index contributed by atoms with van der Waals surface area (Å²) >= 11 is 1.86. The van der Waals surface area contributed by atoms with E-state index in [2.05, 4.69) is 45.5 Å². The molecule has 0 aliphatic rings.